The van der Waals surface area contributed by atoms with Gasteiger partial charge in [0.15, 0.2) is 6.10 Å². The topological polar surface area (TPSA) is 119 Å². The minimum absolute atomic E-state index is 0.212. The molecule has 8 nitrogen and oxygen atoms in total. The summed E-state index contributed by atoms with van der Waals surface area (Å²) in [6, 6.07) is 0. The van der Waals surface area contributed by atoms with Crippen LogP contribution >= 0.6 is 7.82 Å². The zero-order valence-electron chi connectivity index (χ0n) is 37.7. The van der Waals surface area contributed by atoms with Gasteiger partial charge in [0.25, 0.3) is 0 Å². The molecule has 340 valence electrons. The van der Waals surface area contributed by atoms with Gasteiger partial charge in [-0.05, 0) is 70.6 Å². The molecule has 1 atom stereocenters. The quantitative estimate of drug-likeness (QED) is 0.0269. The molecule has 0 aromatic heterocycles. The Hall–Kier alpha value is -1.73. The second-order valence-electron chi connectivity index (χ2n) is 16.4. The van der Waals surface area contributed by atoms with Crippen molar-refractivity contribution in [1.29, 1.82) is 0 Å². The zero-order valence-corrected chi connectivity index (χ0v) is 38.6. The van der Waals surface area contributed by atoms with Crippen LogP contribution in [0.5, 0.6) is 0 Å². The van der Waals surface area contributed by atoms with Gasteiger partial charge in [0.1, 0.15) is 6.61 Å². The molecule has 0 aliphatic rings. The molecule has 0 aliphatic heterocycles. The van der Waals surface area contributed by atoms with E-state index < -0.39 is 32.5 Å². The Kier molecular flexibility index (Phi) is 43.5. The summed E-state index contributed by atoms with van der Waals surface area (Å²) >= 11 is 0. The fourth-order valence-corrected chi connectivity index (χ4v) is 7.35. The summed E-state index contributed by atoms with van der Waals surface area (Å²) < 4.78 is 26.5. The standard InChI is InChI=1S/C49H91O8P/c1-3-5-7-9-11-13-15-17-19-21-23-24-26-28-30-32-34-36-38-40-42-44-49(51)57-47(46-56-58(52,53)54)45-55-48(50)43-41-39-37-35-33-31-29-27-25-22-20-18-16-14-12-10-8-6-4-2/h12,14,17-20,47H,3-11,13,15-16,21-46H2,1-2H3,(H2,52,53,54)/b14-12-,19-17-,20-18-/t47-/m1/s1. The highest BCUT2D eigenvalue weighted by atomic mass is 31.2. The maximum absolute atomic E-state index is 12.5. The summed E-state index contributed by atoms with van der Waals surface area (Å²) in [6.45, 7) is 3.69. The van der Waals surface area contributed by atoms with Crippen LogP contribution in [0.4, 0.5) is 0 Å². The van der Waals surface area contributed by atoms with Crippen molar-refractivity contribution in [2.45, 2.75) is 251 Å². The van der Waals surface area contributed by atoms with Crippen LogP contribution < -0.4 is 0 Å². The zero-order chi connectivity index (χ0) is 42.5. The second kappa shape index (κ2) is 44.8. The third-order valence-electron chi connectivity index (χ3n) is 10.6. The van der Waals surface area contributed by atoms with Crippen molar-refractivity contribution in [3.63, 3.8) is 0 Å². The van der Waals surface area contributed by atoms with Gasteiger partial charge in [0, 0.05) is 12.8 Å². The first kappa shape index (κ1) is 56.3. The molecule has 0 bridgehead atoms. The van der Waals surface area contributed by atoms with Crippen LogP contribution in [0, 0.1) is 0 Å². The maximum atomic E-state index is 12.5. The lowest BCUT2D eigenvalue weighted by atomic mass is 10.0. The molecule has 0 fully saturated rings. The summed E-state index contributed by atoms with van der Waals surface area (Å²) in [5.41, 5.74) is 0. The largest absolute Gasteiger partial charge is 0.469 e. The molecule has 9 heteroatoms. The highest BCUT2D eigenvalue weighted by Crippen LogP contribution is 2.36. The predicted octanol–water partition coefficient (Wildman–Crippen LogP) is 15.3. The molecule has 0 spiro atoms. The number of carbonyl (C=O) groups is 2. The number of hydrogen-bond acceptors (Lipinski definition) is 6. The van der Waals surface area contributed by atoms with Crippen LogP contribution in [0.25, 0.3) is 0 Å². The maximum Gasteiger partial charge on any atom is 0.469 e. The normalized spacial score (nSPS) is 12.7. The lowest BCUT2D eigenvalue weighted by Crippen LogP contribution is -2.29. The van der Waals surface area contributed by atoms with Crippen LogP contribution in [0.2, 0.25) is 0 Å². The number of phosphoric ester groups is 1. The molecular formula is C49H91O8P. The molecule has 0 aromatic rings. The minimum Gasteiger partial charge on any atom is -0.462 e. The molecule has 0 amide bonds. The lowest BCUT2D eigenvalue weighted by molar-refractivity contribution is -0.161. The van der Waals surface area contributed by atoms with E-state index in [1.165, 1.54) is 154 Å². The fourth-order valence-electron chi connectivity index (χ4n) is 6.99. The van der Waals surface area contributed by atoms with Gasteiger partial charge in [-0.1, -0.05) is 198 Å². The molecule has 0 rings (SSSR count). The molecule has 0 radical (unpaired) electrons. The summed E-state index contributed by atoms with van der Waals surface area (Å²) in [4.78, 5) is 43.0. The van der Waals surface area contributed by atoms with Crippen molar-refractivity contribution >= 4 is 19.8 Å². The monoisotopic (exact) mass is 839 g/mol. The van der Waals surface area contributed by atoms with E-state index >= 15 is 0 Å². The molecule has 0 saturated heterocycles. The van der Waals surface area contributed by atoms with Gasteiger partial charge in [-0.15, -0.1) is 0 Å². The first-order valence-electron chi connectivity index (χ1n) is 24.3. The molecule has 0 heterocycles. The summed E-state index contributed by atoms with van der Waals surface area (Å²) in [7, 11) is -4.76. The second-order valence-corrected chi connectivity index (χ2v) is 17.7. The molecule has 0 unspecified atom stereocenters. The van der Waals surface area contributed by atoms with Crippen LogP contribution in [0.1, 0.15) is 245 Å². The number of esters is 2. The van der Waals surface area contributed by atoms with Gasteiger partial charge in [-0.3, -0.25) is 14.1 Å². The Balaban J connectivity index is 3.83. The van der Waals surface area contributed by atoms with Crippen molar-refractivity contribution in [3.8, 4) is 0 Å². The number of rotatable bonds is 45. The Morgan fingerprint density at radius 1 is 0.448 bits per heavy atom. The first-order chi connectivity index (χ1) is 28.3. The summed E-state index contributed by atoms with van der Waals surface area (Å²) in [5.74, 6) is -0.881. The Morgan fingerprint density at radius 2 is 0.776 bits per heavy atom. The van der Waals surface area contributed by atoms with E-state index in [2.05, 4.69) is 54.8 Å². The predicted molar refractivity (Wildman–Crippen MR) is 244 cm³/mol. The van der Waals surface area contributed by atoms with Crippen LogP contribution in [0.3, 0.4) is 0 Å². The van der Waals surface area contributed by atoms with E-state index in [1.54, 1.807) is 0 Å². The van der Waals surface area contributed by atoms with Crippen LogP contribution in [-0.2, 0) is 28.2 Å². The van der Waals surface area contributed by atoms with Crippen molar-refractivity contribution in [3.05, 3.63) is 36.5 Å². The molecular weight excluding hydrogens is 748 g/mol. The van der Waals surface area contributed by atoms with Crippen molar-refractivity contribution in [2.75, 3.05) is 13.2 Å². The lowest BCUT2D eigenvalue weighted by Gasteiger charge is -2.18. The first-order valence-corrected chi connectivity index (χ1v) is 25.8. The van der Waals surface area contributed by atoms with Crippen LogP contribution in [0.15, 0.2) is 36.5 Å². The molecule has 0 saturated carbocycles. The van der Waals surface area contributed by atoms with Gasteiger partial charge in [0.05, 0.1) is 6.61 Å². The summed E-state index contributed by atoms with van der Waals surface area (Å²) in [6.07, 6.45) is 54.4. The third-order valence-corrected chi connectivity index (χ3v) is 11.1. The van der Waals surface area contributed by atoms with Gasteiger partial charge in [0.2, 0.25) is 0 Å². The average Bonchev–Trinajstić information content (AvgIpc) is 3.20. The van der Waals surface area contributed by atoms with Crippen molar-refractivity contribution in [1.82, 2.24) is 0 Å². The highest BCUT2D eigenvalue weighted by Gasteiger charge is 2.23. The molecule has 2 N–H and O–H groups in total. The highest BCUT2D eigenvalue weighted by molar-refractivity contribution is 7.46. The van der Waals surface area contributed by atoms with E-state index in [1.807, 2.05) is 0 Å². The Labute approximate surface area is 357 Å². The number of hydrogen-bond donors (Lipinski definition) is 2. The van der Waals surface area contributed by atoms with Gasteiger partial charge in [-0.25, -0.2) is 4.57 Å². The number of phosphoric acid groups is 1. The number of allylic oxidation sites excluding steroid dienone is 6. The third kappa shape index (κ3) is 47.0. The van der Waals surface area contributed by atoms with Gasteiger partial charge in [-0.2, -0.15) is 0 Å². The van der Waals surface area contributed by atoms with E-state index in [0.29, 0.717) is 6.42 Å². The van der Waals surface area contributed by atoms with Crippen molar-refractivity contribution < 1.29 is 37.9 Å². The number of unbranched alkanes of at least 4 members (excludes halogenated alkanes) is 29. The molecule has 0 aromatic carbocycles. The minimum atomic E-state index is -4.76. The van der Waals surface area contributed by atoms with E-state index in [9.17, 15) is 14.2 Å². The fraction of sp³-hybridized carbons (Fsp3) is 0.837. The van der Waals surface area contributed by atoms with E-state index in [0.717, 1.165) is 57.8 Å². The SMILES string of the molecule is CCCCC/C=C\C/C=C\CCCCCCCCCCCC(=O)OC[C@H](COP(=O)(O)O)OC(=O)CCCCCCCCCCCCC/C=C\CCCCCCCC. The Bertz CT molecular complexity index is 1040. The molecule has 0 aliphatic carbocycles. The molecule has 58 heavy (non-hydrogen) atoms. The van der Waals surface area contributed by atoms with E-state index in [-0.39, 0.29) is 19.4 Å². The number of ether oxygens (including phenoxy) is 2. The van der Waals surface area contributed by atoms with Crippen molar-refractivity contribution in [2.24, 2.45) is 0 Å². The van der Waals surface area contributed by atoms with Crippen LogP contribution in [-0.4, -0.2) is 41.0 Å². The van der Waals surface area contributed by atoms with E-state index in [4.69, 9.17) is 19.3 Å². The summed E-state index contributed by atoms with van der Waals surface area (Å²) in [5, 5.41) is 0. The van der Waals surface area contributed by atoms with Gasteiger partial charge < -0.3 is 19.3 Å². The Morgan fingerprint density at radius 3 is 1.19 bits per heavy atom. The van der Waals surface area contributed by atoms with Gasteiger partial charge >= 0.3 is 19.8 Å². The smallest absolute Gasteiger partial charge is 0.462 e. The number of carbonyl (C=O) groups excluding carboxylic acids is 2. The average molecular weight is 839 g/mol.